The van der Waals surface area contributed by atoms with E-state index in [1.165, 1.54) is 0 Å². The Balaban J connectivity index is 2.87. The van der Waals surface area contributed by atoms with Gasteiger partial charge in [0.15, 0.2) is 0 Å². The summed E-state index contributed by atoms with van der Waals surface area (Å²) in [6.45, 7) is 10.3. The third-order valence-electron chi connectivity index (χ3n) is 2.24. The molecule has 4 heteroatoms. The van der Waals surface area contributed by atoms with E-state index < -0.39 is 0 Å². The topological polar surface area (TPSA) is 41.1 Å². The van der Waals surface area contributed by atoms with E-state index in [9.17, 15) is 0 Å². The zero-order valence-electron chi connectivity index (χ0n) is 9.99. The number of nitrogens with one attached hydrogen (secondary N) is 1. The summed E-state index contributed by atoms with van der Waals surface area (Å²) in [6.07, 6.45) is 3.56. The van der Waals surface area contributed by atoms with Crippen LogP contribution in [0.15, 0.2) is 12.4 Å². The Morgan fingerprint density at radius 1 is 1.33 bits per heavy atom. The van der Waals surface area contributed by atoms with E-state index >= 15 is 0 Å². The second-order valence-electron chi connectivity index (χ2n) is 3.67. The van der Waals surface area contributed by atoms with Crippen molar-refractivity contribution in [1.29, 1.82) is 0 Å². The van der Waals surface area contributed by atoms with Crippen LogP contribution in [-0.2, 0) is 0 Å². The van der Waals surface area contributed by atoms with Gasteiger partial charge in [0.2, 0.25) is 0 Å². The van der Waals surface area contributed by atoms with E-state index in [-0.39, 0.29) is 0 Å². The molecule has 0 fully saturated rings. The van der Waals surface area contributed by atoms with Gasteiger partial charge in [0.05, 0.1) is 12.4 Å². The fourth-order valence-corrected chi connectivity index (χ4v) is 1.55. The van der Waals surface area contributed by atoms with Crippen molar-refractivity contribution in [3.05, 3.63) is 12.4 Å². The van der Waals surface area contributed by atoms with E-state index in [0.717, 1.165) is 24.7 Å². The number of hydrogen-bond acceptors (Lipinski definition) is 4. The molecule has 15 heavy (non-hydrogen) atoms. The Kier molecular flexibility index (Phi) is 4.34. The lowest BCUT2D eigenvalue weighted by Crippen LogP contribution is -2.31. The molecule has 1 N–H and O–H groups in total. The summed E-state index contributed by atoms with van der Waals surface area (Å²) in [7, 11) is 0. The fourth-order valence-electron chi connectivity index (χ4n) is 1.55. The first kappa shape index (κ1) is 11.8. The largest absolute Gasteiger partial charge is 0.369 e. The molecule has 4 nitrogen and oxygen atoms in total. The van der Waals surface area contributed by atoms with Crippen molar-refractivity contribution in [3.63, 3.8) is 0 Å². The lowest BCUT2D eigenvalue weighted by molar-refractivity contribution is 0.691. The van der Waals surface area contributed by atoms with Gasteiger partial charge in [0.1, 0.15) is 11.6 Å². The van der Waals surface area contributed by atoms with Crippen molar-refractivity contribution in [2.75, 3.05) is 23.3 Å². The smallest absolute Gasteiger partial charge is 0.149 e. The number of anilines is 2. The minimum absolute atomic E-state index is 0.446. The monoisotopic (exact) mass is 208 g/mol. The van der Waals surface area contributed by atoms with Crippen LogP contribution in [0.4, 0.5) is 11.6 Å². The van der Waals surface area contributed by atoms with Gasteiger partial charge in [-0.15, -0.1) is 0 Å². The molecule has 1 heterocycles. The molecule has 0 aliphatic rings. The zero-order valence-corrected chi connectivity index (χ0v) is 9.99. The molecule has 0 saturated heterocycles. The van der Waals surface area contributed by atoms with Crippen LogP contribution < -0.4 is 10.2 Å². The highest BCUT2D eigenvalue weighted by atomic mass is 15.2. The Morgan fingerprint density at radius 2 is 2.07 bits per heavy atom. The van der Waals surface area contributed by atoms with Crippen LogP contribution >= 0.6 is 0 Å². The first-order valence-corrected chi connectivity index (χ1v) is 5.51. The highest BCUT2D eigenvalue weighted by Crippen LogP contribution is 2.14. The fraction of sp³-hybridized carbons (Fsp3) is 0.636. The Hall–Kier alpha value is -1.32. The number of nitrogens with zero attached hydrogens (tertiary/aromatic N) is 3. The first-order valence-electron chi connectivity index (χ1n) is 5.51. The summed E-state index contributed by atoms with van der Waals surface area (Å²) in [5.41, 5.74) is 0. The van der Waals surface area contributed by atoms with Gasteiger partial charge >= 0.3 is 0 Å². The standard InChI is InChI=1S/C11H20N4/c1-5-13-10-7-12-8-11(14-10)15(6-2)9(3)4/h7-9H,5-6H2,1-4H3,(H,13,14). The molecule has 0 spiro atoms. The number of rotatable bonds is 5. The van der Waals surface area contributed by atoms with E-state index in [0.29, 0.717) is 6.04 Å². The number of hydrogen-bond donors (Lipinski definition) is 1. The van der Waals surface area contributed by atoms with Crippen LogP contribution in [0.1, 0.15) is 27.7 Å². The molecule has 0 amide bonds. The second kappa shape index (κ2) is 5.53. The Bertz CT molecular complexity index is 298. The highest BCUT2D eigenvalue weighted by Gasteiger charge is 2.10. The van der Waals surface area contributed by atoms with E-state index in [4.69, 9.17) is 0 Å². The molecule has 0 unspecified atom stereocenters. The van der Waals surface area contributed by atoms with Gasteiger partial charge in [0.25, 0.3) is 0 Å². The molecule has 0 aromatic carbocycles. The summed E-state index contributed by atoms with van der Waals surface area (Å²) >= 11 is 0. The minimum atomic E-state index is 0.446. The summed E-state index contributed by atoms with van der Waals surface area (Å²) in [4.78, 5) is 10.9. The van der Waals surface area contributed by atoms with Gasteiger partial charge in [-0.1, -0.05) is 0 Å². The van der Waals surface area contributed by atoms with Crippen molar-refractivity contribution >= 4 is 11.6 Å². The van der Waals surface area contributed by atoms with Crippen LogP contribution in [0.25, 0.3) is 0 Å². The van der Waals surface area contributed by atoms with Crippen molar-refractivity contribution in [2.24, 2.45) is 0 Å². The molecule has 0 aliphatic heterocycles. The number of aromatic nitrogens is 2. The van der Waals surface area contributed by atoms with Crippen LogP contribution in [0.5, 0.6) is 0 Å². The minimum Gasteiger partial charge on any atom is -0.369 e. The molecule has 1 aromatic heterocycles. The van der Waals surface area contributed by atoms with Crippen molar-refractivity contribution in [3.8, 4) is 0 Å². The van der Waals surface area contributed by atoms with Crippen molar-refractivity contribution in [2.45, 2.75) is 33.7 Å². The second-order valence-corrected chi connectivity index (χ2v) is 3.67. The summed E-state index contributed by atoms with van der Waals surface area (Å²) in [5.74, 6) is 1.78. The van der Waals surface area contributed by atoms with E-state index in [1.54, 1.807) is 6.20 Å². The summed E-state index contributed by atoms with van der Waals surface area (Å²) in [5, 5.41) is 3.17. The van der Waals surface area contributed by atoms with Gasteiger partial charge < -0.3 is 10.2 Å². The molecule has 0 aliphatic carbocycles. The van der Waals surface area contributed by atoms with Crippen LogP contribution in [0.2, 0.25) is 0 Å². The third-order valence-corrected chi connectivity index (χ3v) is 2.24. The predicted octanol–water partition coefficient (Wildman–Crippen LogP) is 2.14. The van der Waals surface area contributed by atoms with E-state index in [2.05, 4.69) is 41.0 Å². The van der Waals surface area contributed by atoms with Crippen molar-refractivity contribution < 1.29 is 0 Å². The van der Waals surface area contributed by atoms with E-state index in [1.807, 2.05) is 13.1 Å². The molecule has 0 radical (unpaired) electrons. The lowest BCUT2D eigenvalue weighted by Gasteiger charge is -2.26. The van der Waals surface area contributed by atoms with Crippen LogP contribution in [0, 0.1) is 0 Å². The molecule has 84 valence electrons. The summed E-state index contributed by atoms with van der Waals surface area (Å²) in [6, 6.07) is 0.446. The quantitative estimate of drug-likeness (QED) is 0.805. The maximum Gasteiger partial charge on any atom is 0.149 e. The Morgan fingerprint density at radius 3 is 2.60 bits per heavy atom. The highest BCUT2D eigenvalue weighted by molar-refractivity contribution is 5.44. The lowest BCUT2D eigenvalue weighted by atomic mass is 10.3. The first-order chi connectivity index (χ1) is 7.19. The third kappa shape index (κ3) is 3.08. The average molecular weight is 208 g/mol. The molecule has 1 aromatic rings. The maximum atomic E-state index is 4.51. The average Bonchev–Trinajstić information content (AvgIpc) is 2.19. The SMILES string of the molecule is CCNc1cncc(N(CC)C(C)C)n1. The molecule has 0 saturated carbocycles. The van der Waals surface area contributed by atoms with Gasteiger partial charge in [0, 0.05) is 19.1 Å². The Labute approximate surface area is 91.7 Å². The zero-order chi connectivity index (χ0) is 11.3. The van der Waals surface area contributed by atoms with Crippen molar-refractivity contribution in [1.82, 2.24) is 9.97 Å². The van der Waals surface area contributed by atoms with Crippen LogP contribution in [0.3, 0.4) is 0 Å². The molecule has 1 rings (SSSR count). The van der Waals surface area contributed by atoms with Gasteiger partial charge in [-0.2, -0.15) is 0 Å². The molecule has 0 atom stereocenters. The molecular weight excluding hydrogens is 188 g/mol. The van der Waals surface area contributed by atoms with Gasteiger partial charge in [-0.3, -0.25) is 4.98 Å². The van der Waals surface area contributed by atoms with Gasteiger partial charge in [-0.05, 0) is 27.7 Å². The summed E-state index contributed by atoms with van der Waals surface area (Å²) < 4.78 is 0. The normalized spacial score (nSPS) is 10.5. The molecular formula is C11H20N4. The van der Waals surface area contributed by atoms with Gasteiger partial charge in [-0.25, -0.2) is 4.98 Å². The molecule has 0 bridgehead atoms. The maximum absolute atomic E-state index is 4.51. The predicted molar refractivity (Wildman–Crippen MR) is 64.4 cm³/mol. The van der Waals surface area contributed by atoms with Crippen LogP contribution in [-0.4, -0.2) is 29.1 Å².